The van der Waals surface area contributed by atoms with Crippen molar-refractivity contribution in [2.75, 3.05) is 17.4 Å². The summed E-state index contributed by atoms with van der Waals surface area (Å²) in [4.78, 5) is 28.9. The lowest BCUT2D eigenvalue weighted by atomic mass is 10.0. The van der Waals surface area contributed by atoms with Gasteiger partial charge in [0.25, 0.3) is 5.91 Å². The predicted octanol–water partition coefficient (Wildman–Crippen LogP) is 2.44. The Morgan fingerprint density at radius 3 is 2.29 bits per heavy atom. The molecule has 0 fully saturated rings. The van der Waals surface area contributed by atoms with Crippen molar-refractivity contribution < 1.29 is 9.59 Å². The number of hydrazine groups is 1. The summed E-state index contributed by atoms with van der Waals surface area (Å²) in [6, 6.07) is 20.7. The van der Waals surface area contributed by atoms with Crippen molar-refractivity contribution in [3.8, 4) is 0 Å². The Morgan fingerprint density at radius 2 is 1.65 bits per heavy atom. The van der Waals surface area contributed by atoms with E-state index >= 15 is 0 Å². The second-order valence-corrected chi connectivity index (χ2v) is 7.02. The molecule has 8 nitrogen and oxygen atoms in total. The van der Waals surface area contributed by atoms with Crippen molar-refractivity contribution in [1.82, 2.24) is 15.7 Å². The standard InChI is InChI=1S/C23H26N6O2/c1-16(28-29(2)19-8-4-3-5-9-19)26-22(30)18-13-11-17(12-14-18)21(24)23(31)27-20-10-6-7-15-25-20/h3-16,21,28H,24H2,1-2H3,(H,26,30)(H,25,27,31). The third kappa shape index (κ3) is 6.11. The monoisotopic (exact) mass is 418 g/mol. The summed E-state index contributed by atoms with van der Waals surface area (Å²) in [5, 5.41) is 7.40. The predicted molar refractivity (Wildman–Crippen MR) is 121 cm³/mol. The first-order chi connectivity index (χ1) is 14.9. The van der Waals surface area contributed by atoms with E-state index < -0.39 is 6.04 Å². The Balaban J connectivity index is 1.55. The zero-order valence-corrected chi connectivity index (χ0v) is 17.4. The van der Waals surface area contributed by atoms with Gasteiger partial charge < -0.3 is 21.4 Å². The van der Waals surface area contributed by atoms with Gasteiger partial charge in [0.05, 0.1) is 11.9 Å². The maximum Gasteiger partial charge on any atom is 0.252 e. The Labute approximate surface area is 181 Å². The quantitative estimate of drug-likeness (QED) is 0.330. The van der Waals surface area contributed by atoms with E-state index in [2.05, 4.69) is 21.0 Å². The number of carbonyl (C=O) groups excluding carboxylic acids is 2. The highest BCUT2D eigenvalue weighted by atomic mass is 16.2. The third-order valence-corrected chi connectivity index (χ3v) is 4.61. The SMILES string of the molecule is CC(NC(=O)c1ccc(C(N)C(=O)Nc2ccccn2)cc1)NN(C)c1ccccc1. The molecule has 2 aromatic carbocycles. The van der Waals surface area contributed by atoms with Crippen LogP contribution in [0.4, 0.5) is 11.5 Å². The fraction of sp³-hybridized carbons (Fsp3) is 0.174. The van der Waals surface area contributed by atoms with E-state index in [-0.39, 0.29) is 18.0 Å². The van der Waals surface area contributed by atoms with Crippen molar-refractivity contribution >= 4 is 23.3 Å². The van der Waals surface area contributed by atoms with Crippen LogP contribution in [0.15, 0.2) is 79.0 Å². The average Bonchev–Trinajstić information content (AvgIpc) is 2.79. The second-order valence-electron chi connectivity index (χ2n) is 7.02. The topological polar surface area (TPSA) is 112 Å². The summed E-state index contributed by atoms with van der Waals surface area (Å²) in [5.41, 5.74) is 11.3. The fourth-order valence-corrected chi connectivity index (χ4v) is 2.96. The van der Waals surface area contributed by atoms with Gasteiger partial charge in [-0.3, -0.25) is 9.59 Å². The summed E-state index contributed by atoms with van der Waals surface area (Å²) >= 11 is 0. The molecule has 0 spiro atoms. The molecule has 0 aliphatic rings. The van der Waals surface area contributed by atoms with Crippen LogP contribution in [0, 0.1) is 0 Å². The van der Waals surface area contributed by atoms with Crippen molar-refractivity contribution in [2.24, 2.45) is 5.73 Å². The van der Waals surface area contributed by atoms with Gasteiger partial charge in [-0.05, 0) is 48.9 Å². The number of carbonyl (C=O) groups is 2. The first kappa shape index (κ1) is 21.9. The average molecular weight is 419 g/mol. The molecule has 2 amide bonds. The molecule has 1 heterocycles. The highest BCUT2D eigenvalue weighted by Crippen LogP contribution is 2.14. The number of rotatable bonds is 8. The third-order valence-electron chi connectivity index (χ3n) is 4.61. The molecular formula is C23H26N6O2. The van der Waals surface area contributed by atoms with Crippen molar-refractivity contribution in [2.45, 2.75) is 19.1 Å². The van der Waals surface area contributed by atoms with Gasteiger partial charge in [0.2, 0.25) is 5.91 Å². The van der Waals surface area contributed by atoms with Gasteiger partial charge >= 0.3 is 0 Å². The number of para-hydroxylation sites is 1. The van der Waals surface area contributed by atoms with Crippen LogP contribution in [-0.4, -0.2) is 30.0 Å². The molecule has 1 aromatic heterocycles. The summed E-state index contributed by atoms with van der Waals surface area (Å²) in [6.45, 7) is 1.85. The molecule has 0 radical (unpaired) electrons. The number of aromatic nitrogens is 1. The van der Waals surface area contributed by atoms with Crippen LogP contribution in [0.1, 0.15) is 28.9 Å². The lowest BCUT2D eigenvalue weighted by molar-refractivity contribution is -0.117. The molecule has 0 bridgehead atoms. The smallest absolute Gasteiger partial charge is 0.252 e. The van der Waals surface area contributed by atoms with Crippen LogP contribution in [0.2, 0.25) is 0 Å². The zero-order chi connectivity index (χ0) is 22.2. The van der Waals surface area contributed by atoms with Crippen molar-refractivity contribution in [3.63, 3.8) is 0 Å². The van der Waals surface area contributed by atoms with Crippen LogP contribution in [0.5, 0.6) is 0 Å². The van der Waals surface area contributed by atoms with E-state index in [1.54, 1.807) is 48.7 Å². The molecule has 0 saturated carbocycles. The number of amides is 2. The largest absolute Gasteiger partial charge is 0.335 e. The van der Waals surface area contributed by atoms with Crippen LogP contribution in [0.25, 0.3) is 0 Å². The maximum absolute atomic E-state index is 12.5. The Morgan fingerprint density at radius 1 is 0.968 bits per heavy atom. The summed E-state index contributed by atoms with van der Waals surface area (Å²) in [5.74, 6) is -0.182. The minimum atomic E-state index is -0.876. The normalized spacial score (nSPS) is 12.5. The van der Waals surface area contributed by atoms with Gasteiger partial charge in [-0.2, -0.15) is 0 Å². The number of benzene rings is 2. The van der Waals surface area contributed by atoms with Gasteiger partial charge in [-0.25, -0.2) is 10.4 Å². The summed E-state index contributed by atoms with van der Waals surface area (Å²) < 4.78 is 0. The van der Waals surface area contributed by atoms with E-state index in [4.69, 9.17) is 5.73 Å². The number of nitrogens with two attached hydrogens (primary N) is 1. The molecule has 3 aromatic rings. The molecule has 8 heteroatoms. The Hall–Kier alpha value is -3.75. The second kappa shape index (κ2) is 10.3. The van der Waals surface area contributed by atoms with Gasteiger partial charge in [0.15, 0.2) is 0 Å². The van der Waals surface area contributed by atoms with Gasteiger partial charge in [0, 0.05) is 18.8 Å². The van der Waals surface area contributed by atoms with Crippen LogP contribution in [0.3, 0.4) is 0 Å². The highest BCUT2D eigenvalue weighted by molar-refractivity contribution is 5.96. The number of hydrogen-bond acceptors (Lipinski definition) is 6. The minimum absolute atomic E-state index is 0.237. The Kier molecular flexibility index (Phi) is 7.31. The zero-order valence-electron chi connectivity index (χ0n) is 17.4. The van der Waals surface area contributed by atoms with E-state index in [1.165, 1.54) is 0 Å². The molecule has 2 unspecified atom stereocenters. The minimum Gasteiger partial charge on any atom is -0.335 e. The Bertz CT molecular complexity index is 996. The molecule has 0 aliphatic heterocycles. The molecule has 0 saturated heterocycles. The fourth-order valence-electron chi connectivity index (χ4n) is 2.96. The molecule has 31 heavy (non-hydrogen) atoms. The van der Waals surface area contributed by atoms with Gasteiger partial charge in [0.1, 0.15) is 11.9 Å². The van der Waals surface area contributed by atoms with Crippen LogP contribution >= 0.6 is 0 Å². The molecule has 5 N–H and O–H groups in total. The number of nitrogens with one attached hydrogen (secondary N) is 3. The first-order valence-electron chi connectivity index (χ1n) is 9.87. The van der Waals surface area contributed by atoms with E-state index in [9.17, 15) is 9.59 Å². The van der Waals surface area contributed by atoms with E-state index in [1.807, 2.05) is 49.3 Å². The lowest BCUT2D eigenvalue weighted by Crippen LogP contribution is -2.50. The van der Waals surface area contributed by atoms with E-state index in [0.29, 0.717) is 16.9 Å². The number of hydrogen-bond donors (Lipinski definition) is 4. The maximum atomic E-state index is 12.5. The first-order valence-corrected chi connectivity index (χ1v) is 9.87. The lowest BCUT2D eigenvalue weighted by Gasteiger charge is -2.25. The van der Waals surface area contributed by atoms with Gasteiger partial charge in [-0.1, -0.05) is 36.4 Å². The molecular weight excluding hydrogens is 392 g/mol. The summed E-state index contributed by atoms with van der Waals surface area (Å²) in [6.07, 6.45) is 1.28. The van der Waals surface area contributed by atoms with Crippen LogP contribution in [-0.2, 0) is 4.79 Å². The molecule has 0 aliphatic carbocycles. The highest BCUT2D eigenvalue weighted by Gasteiger charge is 2.17. The summed E-state index contributed by atoms with van der Waals surface area (Å²) in [7, 11) is 1.88. The molecule has 3 rings (SSSR count). The van der Waals surface area contributed by atoms with Crippen molar-refractivity contribution in [1.29, 1.82) is 0 Å². The van der Waals surface area contributed by atoms with Crippen LogP contribution < -0.4 is 26.8 Å². The number of pyridine rings is 1. The van der Waals surface area contributed by atoms with Gasteiger partial charge in [-0.15, -0.1) is 0 Å². The number of anilines is 2. The molecule has 160 valence electrons. The molecule has 2 atom stereocenters. The van der Waals surface area contributed by atoms with E-state index in [0.717, 1.165) is 5.69 Å². The van der Waals surface area contributed by atoms with Crippen molar-refractivity contribution in [3.05, 3.63) is 90.1 Å². The number of nitrogens with zero attached hydrogens (tertiary/aromatic N) is 2.